The second-order valence-electron chi connectivity index (χ2n) is 5.38. The zero-order valence-electron chi connectivity index (χ0n) is 12.1. The highest BCUT2D eigenvalue weighted by atomic mass is 79.9. The average molecular weight is 347 g/mol. The van der Waals surface area contributed by atoms with Gasteiger partial charge in [0.1, 0.15) is 12.4 Å². The van der Waals surface area contributed by atoms with Crippen molar-refractivity contribution in [2.75, 3.05) is 30.3 Å². The quantitative estimate of drug-likeness (QED) is 0.856. The Kier molecular flexibility index (Phi) is 4.06. The van der Waals surface area contributed by atoms with E-state index in [0.717, 1.165) is 35.4 Å². The average Bonchev–Trinajstić information content (AvgIpc) is 2.84. The first-order chi connectivity index (χ1) is 10.1. The van der Waals surface area contributed by atoms with Crippen LogP contribution in [0.4, 0.5) is 11.4 Å². The second-order valence-corrected chi connectivity index (χ2v) is 6.29. The summed E-state index contributed by atoms with van der Waals surface area (Å²) in [7, 11) is 0. The zero-order chi connectivity index (χ0) is 14.8. The molecule has 2 N–H and O–H groups in total. The first kappa shape index (κ1) is 14.3. The molecule has 0 spiro atoms. The third-order valence-corrected chi connectivity index (χ3v) is 4.43. The van der Waals surface area contributed by atoms with Crippen LogP contribution in [0, 0.1) is 6.92 Å². The lowest BCUT2D eigenvalue weighted by Crippen LogP contribution is -2.26. The summed E-state index contributed by atoms with van der Waals surface area (Å²) in [5.74, 6) is 0.904. The molecular formula is C17H19BrN2O. The van der Waals surface area contributed by atoms with Crippen LogP contribution in [0.5, 0.6) is 5.75 Å². The molecule has 3 nitrogen and oxygen atoms in total. The molecule has 0 unspecified atom stereocenters. The van der Waals surface area contributed by atoms with Crippen molar-refractivity contribution in [1.82, 2.24) is 0 Å². The monoisotopic (exact) mass is 346 g/mol. The molecule has 21 heavy (non-hydrogen) atoms. The Hall–Kier alpha value is -1.68. The van der Waals surface area contributed by atoms with Gasteiger partial charge in [-0.25, -0.2) is 0 Å². The standard InChI is InChI=1S/C17H19BrN2O/c1-12-10-13-6-7-20(17(13)11-16(12)19)8-9-21-15-4-2-14(18)3-5-15/h2-5,10-11H,6-9,19H2,1H3. The summed E-state index contributed by atoms with van der Waals surface area (Å²) in [6, 6.07) is 12.2. The fourth-order valence-electron chi connectivity index (χ4n) is 2.68. The van der Waals surface area contributed by atoms with E-state index in [1.54, 1.807) is 0 Å². The van der Waals surface area contributed by atoms with E-state index < -0.39 is 0 Å². The fraction of sp³-hybridized carbons (Fsp3) is 0.294. The fourth-order valence-corrected chi connectivity index (χ4v) is 2.94. The molecule has 0 saturated heterocycles. The van der Waals surface area contributed by atoms with Crippen LogP contribution in [0.1, 0.15) is 11.1 Å². The molecule has 1 heterocycles. The number of fused-ring (bicyclic) bond motifs is 1. The third-order valence-electron chi connectivity index (χ3n) is 3.90. The molecule has 2 aromatic carbocycles. The van der Waals surface area contributed by atoms with E-state index in [2.05, 4.69) is 39.9 Å². The molecule has 0 atom stereocenters. The summed E-state index contributed by atoms with van der Waals surface area (Å²) in [5, 5.41) is 0. The first-order valence-corrected chi connectivity index (χ1v) is 7.95. The normalized spacial score (nSPS) is 13.3. The molecule has 0 aliphatic carbocycles. The molecule has 1 aliphatic heterocycles. The highest BCUT2D eigenvalue weighted by Crippen LogP contribution is 2.31. The number of hydrogen-bond acceptors (Lipinski definition) is 3. The second kappa shape index (κ2) is 5.98. The van der Waals surface area contributed by atoms with Crippen LogP contribution in [0.25, 0.3) is 0 Å². The van der Waals surface area contributed by atoms with E-state index in [4.69, 9.17) is 10.5 Å². The smallest absolute Gasteiger partial charge is 0.119 e. The predicted molar refractivity (Wildman–Crippen MR) is 91.1 cm³/mol. The zero-order valence-corrected chi connectivity index (χ0v) is 13.7. The van der Waals surface area contributed by atoms with E-state index in [-0.39, 0.29) is 0 Å². The molecular weight excluding hydrogens is 328 g/mol. The highest BCUT2D eigenvalue weighted by Gasteiger charge is 2.19. The number of anilines is 2. The lowest BCUT2D eigenvalue weighted by Gasteiger charge is -2.20. The number of benzene rings is 2. The molecule has 1 aliphatic rings. The van der Waals surface area contributed by atoms with Crippen LogP contribution >= 0.6 is 15.9 Å². The summed E-state index contributed by atoms with van der Waals surface area (Å²) in [6.45, 7) is 4.66. The van der Waals surface area contributed by atoms with Gasteiger partial charge in [0.15, 0.2) is 0 Å². The summed E-state index contributed by atoms with van der Waals surface area (Å²) < 4.78 is 6.86. The minimum atomic E-state index is 0.675. The lowest BCUT2D eigenvalue weighted by molar-refractivity contribution is 0.324. The Morgan fingerprint density at radius 1 is 1.24 bits per heavy atom. The Bertz CT molecular complexity index is 640. The van der Waals surface area contributed by atoms with Crippen LogP contribution in [0.15, 0.2) is 40.9 Å². The van der Waals surface area contributed by atoms with Gasteiger partial charge in [0, 0.05) is 22.4 Å². The van der Waals surface area contributed by atoms with Gasteiger partial charge >= 0.3 is 0 Å². The van der Waals surface area contributed by atoms with Gasteiger partial charge in [-0.2, -0.15) is 0 Å². The van der Waals surface area contributed by atoms with Crippen LogP contribution in [0.2, 0.25) is 0 Å². The minimum Gasteiger partial charge on any atom is -0.492 e. The van der Waals surface area contributed by atoms with E-state index in [9.17, 15) is 0 Å². The molecule has 0 saturated carbocycles. The van der Waals surface area contributed by atoms with Gasteiger partial charge in [-0.05, 0) is 54.8 Å². The lowest BCUT2D eigenvalue weighted by atomic mass is 10.1. The Labute approximate surface area is 133 Å². The number of nitrogens with two attached hydrogens (primary N) is 1. The van der Waals surface area contributed by atoms with Crippen LogP contribution in [0.3, 0.4) is 0 Å². The van der Waals surface area contributed by atoms with Gasteiger partial charge in [0.25, 0.3) is 0 Å². The van der Waals surface area contributed by atoms with Crippen molar-refractivity contribution in [2.45, 2.75) is 13.3 Å². The van der Waals surface area contributed by atoms with E-state index >= 15 is 0 Å². The van der Waals surface area contributed by atoms with Crippen molar-refractivity contribution in [3.05, 3.63) is 52.0 Å². The van der Waals surface area contributed by atoms with E-state index in [1.165, 1.54) is 16.8 Å². The largest absolute Gasteiger partial charge is 0.492 e. The van der Waals surface area contributed by atoms with Crippen molar-refractivity contribution in [3.8, 4) is 5.75 Å². The van der Waals surface area contributed by atoms with Crippen molar-refractivity contribution >= 4 is 27.3 Å². The van der Waals surface area contributed by atoms with Gasteiger partial charge in [-0.3, -0.25) is 0 Å². The molecule has 3 rings (SSSR count). The maximum Gasteiger partial charge on any atom is 0.119 e. The van der Waals surface area contributed by atoms with Crippen LogP contribution < -0.4 is 15.4 Å². The van der Waals surface area contributed by atoms with Crippen LogP contribution in [-0.2, 0) is 6.42 Å². The maximum absolute atomic E-state index is 6.03. The summed E-state index contributed by atoms with van der Waals surface area (Å²) in [5.41, 5.74) is 10.7. The van der Waals surface area contributed by atoms with Gasteiger partial charge in [0.2, 0.25) is 0 Å². The summed E-state index contributed by atoms with van der Waals surface area (Å²) in [6.07, 6.45) is 1.09. The number of ether oxygens (including phenoxy) is 1. The topological polar surface area (TPSA) is 38.5 Å². The van der Waals surface area contributed by atoms with Gasteiger partial charge in [-0.1, -0.05) is 22.0 Å². The molecule has 110 valence electrons. The van der Waals surface area contributed by atoms with E-state index in [0.29, 0.717) is 6.61 Å². The molecule has 0 bridgehead atoms. The Balaban J connectivity index is 1.61. The van der Waals surface area contributed by atoms with Crippen molar-refractivity contribution in [1.29, 1.82) is 0 Å². The number of nitrogens with zero attached hydrogens (tertiary/aromatic N) is 1. The SMILES string of the molecule is Cc1cc2c(cc1N)N(CCOc1ccc(Br)cc1)CC2. The van der Waals surface area contributed by atoms with Crippen molar-refractivity contribution in [3.63, 3.8) is 0 Å². The predicted octanol–water partition coefficient (Wildman–Crippen LogP) is 3.78. The number of nitrogen functional groups attached to an aromatic ring is 1. The molecule has 0 fully saturated rings. The number of halogens is 1. The van der Waals surface area contributed by atoms with Gasteiger partial charge < -0.3 is 15.4 Å². The Morgan fingerprint density at radius 3 is 2.76 bits per heavy atom. The highest BCUT2D eigenvalue weighted by molar-refractivity contribution is 9.10. The maximum atomic E-state index is 6.03. The van der Waals surface area contributed by atoms with Gasteiger partial charge in [0.05, 0.1) is 6.54 Å². The summed E-state index contributed by atoms with van der Waals surface area (Å²) >= 11 is 3.42. The number of aryl methyl sites for hydroxylation is 1. The molecule has 0 amide bonds. The number of hydrogen-bond donors (Lipinski definition) is 1. The molecule has 0 aromatic heterocycles. The third kappa shape index (κ3) is 3.16. The molecule has 4 heteroatoms. The molecule has 2 aromatic rings. The number of rotatable bonds is 4. The first-order valence-electron chi connectivity index (χ1n) is 7.16. The molecule has 0 radical (unpaired) electrons. The van der Waals surface area contributed by atoms with Crippen molar-refractivity contribution < 1.29 is 4.74 Å². The van der Waals surface area contributed by atoms with Crippen molar-refractivity contribution in [2.24, 2.45) is 0 Å². The Morgan fingerprint density at radius 2 is 2.00 bits per heavy atom. The van der Waals surface area contributed by atoms with Crippen LogP contribution in [-0.4, -0.2) is 19.7 Å². The van der Waals surface area contributed by atoms with Gasteiger partial charge in [-0.15, -0.1) is 0 Å². The minimum absolute atomic E-state index is 0.675. The summed E-state index contributed by atoms with van der Waals surface area (Å²) in [4.78, 5) is 2.35. The van der Waals surface area contributed by atoms with E-state index in [1.807, 2.05) is 24.3 Å².